The molecule has 0 amide bonds. The zero-order chi connectivity index (χ0) is 14.1. The van der Waals surface area contributed by atoms with Gasteiger partial charge in [0.25, 0.3) is 0 Å². The lowest BCUT2D eigenvalue weighted by atomic mass is 10.1. The van der Waals surface area contributed by atoms with Gasteiger partial charge in [-0.1, -0.05) is 24.3 Å². The SMILES string of the molecule is Nc1c([N+](=O)[O-])cnn1Cc1cncc2ccccc12. The Morgan fingerprint density at radius 1 is 1.25 bits per heavy atom. The Labute approximate surface area is 113 Å². The molecule has 7 nitrogen and oxygen atoms in total. The minimum atomic E-state index is -0.541. The highest BCUT2D eigenvalue weighted by Crippen LogP contribution is 2.23. The van der Waals surface area contributed by atoms with Gasteiger partial charge in [-0.25, -0.2) is 4.68 Å². The van der Waals surface area contributed by atoms with Crippen LogP contribution in [0.25, 0.3) is 10.8 Å². The quantitative estimate of drug-likeness (QED) is 0.578. The van der Waals surface area contributed by atoms with E-state index in [0.29, 0.717) is 6.54 Å². The van der Waals surface area contributed by atoms with Crippen LogP contribution in [0.3, 0.4) is 0 Å². The summed E-state index contributed by atoms with van der Waals surface area (Å²) in [4.78, 5) is 14.4. The van der Waals surface area contributed by atoms with E-state index in [2.05, 4.69) is 10.1 Å². The van der Waals surface area contributed by atoms with Crippen molar-refractivity contribution in [1.82, 2.24) is 14.8 Å². The normalized spacial score (nSPS) is 10.8. The maximum atomic E-state index is 10.8. The number of hydrogen-bond acceptors (Lipinski definition) is 5. The summed E-state index contributed by atoms with van der Waals surface area (Å²) < 4.78 is 1.40. The molecule has 2 N–H and O–H groups in total. The number of benzene rings is 1. The van der Waals surface area contributed by atoms with Crippen LogP contribution in [0.4, 0.5) is 11.5 Å². The van der Waals surface area contributed by atoms with Crippen molar-refractivity contribution in [3.8, 4) is 0 Å². The van der Waals surface area contributed by atoms with Gasteiger partial charge < -0.3 is 5.73 Å². The molecule has 2 heterocycles. The Hall–Kier alpha value is -2.96. The number of hydrogen-bond donors (Lipinski definition) is 1. The smallest absolute Gasteiger partial charge is 0.330 e. The first-order valence-electron chi connectivity index (χ1n) is 5.94. The number of nitrogens with two attached hydrogens (primary N) is 1. The summed E-state index contributed by atoms with van der Waals surface area (Å²) in [6.45, 7) is 0.341. The predicted molar refractivity (Wildman–Crippen MR) is 74.1 cm³/mol. The summed E-state index contributed by atoms with van der Waals surface area (Å²) in [5, 5.41) is 16.8. The van der Waals surface area contributed by atoms with Gasteiger partial charge in [-0.2, -0.15) is 5.10 Å². The number of aromatic nitrogens is 3. The van der Waals surface area contributed by atoms with Crippen molar-refractivity contribution in [2.75, 3.05) is 5.73 Å². The van der Waals surface area contributed by atoms with Crippen LogP contribution in [0.1, 0.15) is 5.56 Å². The molecule has 0 spiro atoms. The summed E-state index contributed by atoms with van der Waals surface area (Å²) in [5.41, 5.74) is 6.46. The van der Waals surface area contributed by atoms with Crippen molar-refractivity contribution in [3.05, 3.63) is 58.5 Å². The maximum Gasteiger partial charge on any atom is 0.330 e. The highest BCUT2D eigenvalue weighted by atomic mass is 16.6. The second-order valence-corrected chi connectivity index (χ2v) is 4.35. The first-order chi connectivity index (χ1) is 9.66. The summed E-state index contributed by atoms with van der Waals surface area (Å²) in [7, 11) is 0. The maximum absolute atomic E-state index is 10.8. The van der Waals surface area contributed by atoms with Crippen molar-refractivity contribution < 1.29 is 4.92 Å². The van der Waals surface area contributed by atoms with Crippen molar-refractivity contribution in [3.63, 3.8) is 0 Å². The van der Waals surface area contributed by atoms with E-state index in [4.69, 9.17) is 5.73 Å². The zero-order valence-electron chi connectivity index (χ0n) is 10.4. The topological polar surface area (TPSA) is 99.9 Å². The molecule has 0 radical (unpaired) electrons. The molecule has 3 rings (SSSR count). The van der Waals surface area contributed by atoms with Crippen molar-refractivity contribution >= 4 is 22.3 Å². The van der Waals surface area contributed by atoms with E-state index in [1.807, 2.05) is 24.3 Å². The van der Waals surface area contributed by atoms with Crippen LogP contribution in [0.15, 0.2) is 42.9 Å². The lowest BCUT2D eigenvalue weighted by Gasteiger charge is -2.07. The van der Waals surface area contributed by atoms with Crippen LogP contribution in [-0.4, -0.2) is 19.7 Å². The summed E-state index contributed by atoms with van der Waals surface area (Å²) >= 11 is 0. The second kappa shape index (κ2) is 4.61. The molecule has 1 aromatic carbocycles. The molecule has 0 aliphatic heterocycles. The van der Waals surface area contributed by atoms with Gasteiger partial charge in [-0.05, 0) is 10.9 Å². The molecule has 0 fully saturated rings. The van der Waals surface area contributed by atoms with Crippen LogP contribution in [0.5, 0.6) is 0 Å². The molecule has 0 aliphatic carbocycles. The van der Waals surface area contributed by atoms with Crippen molar-refractivity contribution in [1.29, 1.82) is 0 Å². The van der Waals surface area contributed by atoms with E-state index in [9.17, 15) is 10.1 Å². The number of fused-ring (bicyclic) bond motifs is 1. The third-order valence-corrected chi connectivity index (χ3v) is 3.13. The van der Waals surface area contributed by atoms with Gasteiger partial charge >= 0.3 is 5.69 Å². The minimum Gasteiger partial charge on any atom is -0.378 e. The third kappa shape index (κ3) is 1.95. The van der Waals surface area contributed by atoms with E-state index < -0.39 is 4.92 Å². The molecule has 20 heavy (non-hydrogen) atoms. The fourth-order valence-electron chi connectivity index (χ4n) is 2.12. The first-order valence-corrected chi connectivity index (χ1v) is 5.94. The average molecular weight is 269 g/mol. The molecular weight excluding hydrogens is 258 g/mol. The van der Waals surface area contributed by atoms with Crippen LogP contribution in [0, 0.1) is 10.1 Å². The molecule has 0 atom stereocenters. The molecule has 7 heteroatoms. The number of nitrogen functional groups attached to an aromatic ring is 1. The Balaban J connectivity index is 2.04. The van der Waals surface area contributed by atoms with Gasteiger partial charge in [0.15, 0.2) is 0 Å². The first kappa shape index (κ1) is 12.1. The molecule has 0 bridgehead atoms. The van der Waals surface area contributed by atoms with Crippen molar-refractivity contribution in [2.24, 2.45) is 0 Å². The van der Waals surface area contributed by atoms with E-state index in [1.165, 1.54) is 4.68 Å². The molecular formula is C13H11N5O2. The highest BCUT2D eigenvalue weighted by Gasteiger charge is 2.17. The minimum absolute atomic E-state index is 0.0444. The standard InChI is InChI=1S/C13H11N5O2/c14-13-12(18(19)20)7-16-17(13)8-10-6-15-5-9-3-1-2-4-11(9)10/h1-7H,8,14H2. The second-order valence-electron chi connectivity index (χ2n) is 4.35. The zero-order valence-corrected chi connectivity index (χ0v) is 10.4. The molecule has 0 saturated heterocycles. The number of pyridine rings is 1. The molecule has 0 unspecified atom stereocenters. The number of nitrogens with zero attached hydrogens (tertiary/aromatic N) is 4. The van der Waals surface area contributed by atoms with Crippen LogP contribution >= 0.6 is 0 Å². The lowest BCUT2D eigenvalue weighted by Crippen LogP contribution is -2.07. The van der Waals surface area contributed by atoms with E-state index in [1.54, 1.807) is 12.4 Å². The van der Waals surface area contributed by atoms with Gasteiger partial charge in [0, 0.05) is 17.8 Å². The average Bonchev–Trinajstić information content (AvgIpc) is 2.81. The number of anilines is 1. The summed E-state index contributed by atoms with van der Waals surface area (Å²) in [6.07, 6.45) is 4.65. The molecule has 2 aromatic heterocycles. The number of nitro groups is 1. The van der Waals surface area contributed by atoms with E-state index >= 15 is 0 Å². The molecule has 0 aliphatic rings. The fraction of sp³-hybridized carbons (Fsp3) is 0.0769. The predicted octanol–water partition coefficient (Wildman–Crippen LogP) is 1.97. The highest BCUT2D eigenvalue weighted by molar-refractivity contribution is 5.84. The largest absolute Gasteiger partial charge is 0.378 e. The van der Waals surface area contributed by atoms with Gasteiger partial charge in [0.05, 0.1) is 11.5 Å². The summed E-state index contributed by atoms with van der Waals surface area (Å²) in [6, 6.07) is 7.79. The molecule has 100 valence electrons. The monoisotopic (exact) mass is 269 g/mol. The van der Waals surface area contributed by atoms with Gasteiger partial charge in [0.2, 0.25) is 5.82 Å². The molecule has 0 saturated carbocycles. The van der Waals surface area contributed by atoms with E-state index in [0.717, 1.165) is 22.5 Å². The molecule has 3 aromatic rings. The van der Waals surface area contributed by atoms with E-state index in [-0.39, 0.29) is 11.5 Å². The Bertz CT molecular complexity index is 791. The third-order valence-electron chi connectivity index (χ3n) is 3.13. The Kier molecular flexibility index (Phi) is 2.79. The Morgan fingerprint density at radius 3 is 2.80 bits per heavy atom. The van der Waals surface area contributed by atoms with Crippen molar-refractivity contribution in [2.45, 2.75) is 6.54 Å². The van der Waals surface area contributed by atoms with Crippen LogP contribution in [0.2, 0.25) is 0 Å². The van der Waals surface area contributed by atoms with Crippen LogP contribution < -0.4 is 5.73 Å². The number of rotatable bonds is 3. The van der Waals surface area contributed by atoms with Gasteiger partial charge in [-0.15, -0.1) is 0 Å². The van der Waals surface area contributed by atoms with Gasteiger partial charge in [0.1, 0.15) is 6.20 Å². The lowest BCUT2D eigenvalue weighted by molar-refractivity contribution is -0.384. The fourth-order valence-corrected chi connectivity index (χ4v) is 2.12. The van der Waals surface area contributed by atoms with Crippen LogP contribution in [-0.2, 0) is 6.54 Å². The summed E-state index contributed by atoms with van der Waals surface area (Å²) in [5.74, 6) is 0.0444. The van der Waals surface area contributed by atoms with Gasteiger partial charge in [-0.3, -0.25) is 15.1 Å². The Morgan fingerprint density at radius 2 is 2.05 bits per heavy atom.